The van der Waals surface area contributed by atoms with Gasteiger partial charge in [0.15, 0.2) is 0 Å². The molecule has 3 nitrogen and oxygen atoms in total. The number of rotatable bonds is 3. The summed E-state index contributed by atoms with van der Waals surface area (Å²) in [6, 6.07) is 6.19. The molecule has 0 radical (unpaired) electrons. The van der Waals surface area contributed by atoms with E-state index in [9.17, 15) is 4.79 Å². The van der Waals surface area contributed by atoms with E-state index in [2.05, 4.69) is 30.2 Å². The van der Waals surface area contributed by atoms with Crippen LogP contribution in [0.5, 0.6) is 0 Å². The van der Waals surface area contributed by atoms with Gasteiger partial charge >= 0.3 is 0 Å². The Kier molecular flexibility index (Phi) is 3.60. The van der Waals surface area contributed by atoms with Gasteiger partial charge in [-0.25, -0.2) is 0 Å². The molecule has 0 N–H and O–H groups in total. The molecule has 2 rings (SSSR count). The fourth-order valence-electron chi connectivity index (χ4n) is 2.12. The van der Waals surface area contributed by atoms with Crippen molar-refractivity contribution in [2.75, 3.05) is 13.6 Å². The van der Waals surface area contributed by atoms with E-state index in [4.69, 9.17) is 0 Å². The molecule has 1 aliphatic rings. The molecule has 1 aromatic rings. The Balaban J connectivity index is 2.25. The standard InChI is InChI=1S/C15H18N2O/c1-11-8-13(9-12(2)18)4-5-15(11)14-6-7-17(3)16-10-14/h4-6,8,10H,7,9H2,1-3H3. The number of carbonyl (C=O) groups excluding carboxylic acids is 1. The van der Waals surface area contributed by atoms with Gasteiger partial charge in [0.1, 0.15) is 5.78 Å². The molecule has 0 amide bonds. The highest BCUT2D eigenvalue weighted by Gasteiger charge is 2.08. The molecule has 0 bridgehead atoms. The minimum Gasteiger partial charge on any atom is -0.300 e. The van der Waals surface area contributed by atoms with Gasteiger partial charge in [0.05, 0.1) is 12.8 Å². The highest BCUT2D eigenvalue weighted by atomic mass is 16.1. The molecule has 18 heavy (non-hydrogen) atoms. The van der Waals surface area contributed by atoms with Gasteiger partial charge in [-0.3, -0.25) is 9.80 Å². The molecule has 0 spiro atoms. The van der Waals surface area contributed by atoms with E-state index >= 15 is 0 Å². The SMILES string of the molecule is CC(=O)Cc1ccc(C2=CCN(C)N=C2)c(C)c1. The molecule has 1 aromatic carbocycles. The maximum absolute atomic E-state index is 11.1. The van der Waals surface area contributed by atoms with Crippen LogP contribution in [0, 0.1) is 6.92 Å². The molecule has 1 aliphatic heterocycles. The Morgan fingerprint density at radius 3 is 2.78 bits per heavy atom. The van der Waals surface area contributed by atoms with Crippen molar-refractivity contribution in [3.63, 3.8) is 0 Å². The Bertz CT molecular complexity index is 529. The summed E-state index contributed by atoms with van der Waals surface area (Å²) >= 11 is 0. The molecule has 1 heterocycles. The second-order valence-electron chi connectivity index (χ2n) is 4.77. The Morgan fingerprint density at radius 2 is 2.22 bits per heavy atom. The molecule has 0 atom stereocenters. The number of hydrazone groups is 1. The largest absolute Gasteiger partial charge is 0.300 e. The van der Waals surface area contributed by atoms with Crippen LogP contribution in [-0.2, 0) is 11.2 Å². The van der Waals surface area contributed by atoms with Gasteiger partial charge in [-0.15, -0.1) is 0 Å². The van der Waals surface area contributed by atoms with Crippen molar-refractivity contribution in [2.45, 2.75) is 20.3 Å². The third-order valence-corrected chi connectivity index (χ3v) is 3.02. The van der Waals surface area contributed by atoms with Crippen molar-refractivity contribution in [3.05, 3.63) is 41.0 Å². The normalized spacial score (nSPS) is 14.6. The summed E-state index contributed by atoms with van der Waals surface area (Å²) in [7, 11) is 1.95. The molecule has 0 saturated heterocycles. The van der Waals surface area contributed by atoms with Gasteiger partial charge < -0.3 is 0 Å². The molecular formula is C15H18N2O. The molecule has 0 fully saturated rings. The second kappa shape index (κ2) is 5.17. The van der Waals surface area contributed by atoms with Crippen LogP contribution in [0.1, 0.15) is 23.6 Å². The van der Waals surface area contributed by atoms with Crippen LogP contribution in [0.25, 0.3) is 5.57 Å². The highest BCUT2D eigenvalue weighted by molar-refractivity contribution is 6.10. The third kappa shape index (κ3) is 2.86. The smallest absolute Gasteiger partial charge is 0.134 e. The number of benzene rings is 1. The fourth-order valence-corrected chi connectivity index (χ4v) is 2.12. The highest BCUT2D eigenvalue weighted by Crippen LogP contribution is 2.21. The molecule has 0 unspecified atom stereocenters. The van der Waals surface area contributed by atoms with Crippen LogP contribution in [0.3, 0.4) is 0 Å². The van der Waals surface area contributed by atoms with E-state index in [0.717, 1.165) is 17.7 Å². The summed E-state index contributed by atoms with van der Waals surface area (Å²) in [5.74, 6) is 0.196. The predicted octanol–water partition coefficient (Wildman–Crippen LogP) is 2.44. The van der Waals surface area contributed by atoms with E-state index in [-0.39, 0.29) is 5.78 Å². The van der Waals surface area contributed by atoms with Crippen LogP contribution >= 0.6 is 0 Å². The fraction of sp³-hybridized carbons (Fsp3) is 0.333. The van der Waals surface area contributed by atoms with Crippen molar-refractivity contribution in [2.24, 2.45) is 5.10 Å². The maximum atomic E-state index is 11.1. The zero-order chi connectivity index (χ0) is 13.1. The number of hydrogen-bond donors (Lipinski definition) is 0. The average Bonchev–Trinajstić information content (AvgIpc) is 2.30. The van der Waals surface area contributed by atoms with Gasteiger partial charge in [0.2, 0.25) is 0 Å². The predicted molar refractivity (Wildman–Crippen MR) is 74.7 cm³/mol. The van der Waals surface area contributed by atoms with E-state index in [1.165, 1.54) is 11.1 Å². The minimum atomic E-state index is 0.196. The molecule has 0 aromatic heterocycles. The molecule has 0 aliphatic carbocycles. The van der Waals surface area contributed by atoms with Crippen LogP contribution in [-0.4, -0.2) is 30.6 Å². The Labute approximate surface area is 108 Å². The van der Waals surface area contributed by atoms with E-state index < -0.39 is 0 Å². The van der Waals surface area contributed by atoms with E-state index in [1.54, 1.807) is 6.92 Å². The van der Waals surface area contributed by atoms with Crippen molar-refractivity contribution < 1.29 is 4.79 Å². The van der Waals surface area contributed by atoms with Crippen LogP contribution < -0.4 is 0 Å². The zero-order valence-electron chi connectivity index (χ0n) is 11.1. The first-order valence-corrected chi connectivity index (χ1v) is 6.11. The number of Topliss-reactive ketones (excluding diaryl/α,β-unsaturated/α-hetero) is 1. The van der Waals surface area contributed by atoms with Gasteiger partial charge in [-0.2, -0.15) is 5.10 Å². The Morgan fingerprint density at radius 1 is 1.44 bits per heavy atom. The number of allylic oxidation sites excluding steroid dienone is 1. The lowest BCUT2D eigenvalue weighted by atomic mass is 9.97. The lowest BCUT2D eigenvalue weighted by Gasteiger charge is -2.17. The summed E-state index contributed by atoms with van der Waals surface area (Å²) in [6.45, 7) is 4.53. The van der Waals surface area contributed by atoms with Crippen molar-refractivity contribution in [1.29, 1.82) is 0 Å². The van der Waals surface area contributed by atoms with Gasteiger partial charge in [0.25, 0.3) is 0 Å². The first kappa shape index (κ1) is 12.6. The lowest BCUT2D eigenvalue weighted by molar-refractivity contribution is -0.116. The second-order valence-corrected chi connectivity index (χ2v) is 4.77. The molecule has 94 valence electrons. The molecule has 3 heteroatoms. The summed E-state index contributed by atoms with van der Waals surface area (Å²) in [4.78, 5) is 11.1. The summed E-state index contributed by atoms with van der Waals surface area (Å²) in [5, 5.41) is 6.18. The summed E-state index contributed by atoms with van der Waals surface area (Å²) < 4.78 is 0. The maximum Gasteiger partial charge on any atom is 0.134 e. The topological polar surface area (TPSA) is 32.7 Å². The number of aryl methyl sites for hydroxylation is 1. The van der Waals surface area contributed by atoms with Gasteiger partial charge in [0, 0.05) is 13.5 Å². The number of likely N-dealkylation sites (N-methyl/N-ethyl adjacent to an activating group) is 1. The van der Waals surface area contributed by atoms with Gasteiger partial charge in [-0.1, -0.05) is 24.3 Å². The first-order valence-electron chi connectivity index (χ1n) is 6.11. The number of carbonyl (C=O) groups is 1. The van der Waals surface area contributed by atoms with Crippen molar-refractivity contribution in [3.8, 4) is 0 Å². The van der Waals surface area contributed by atoms with Gasteiger partial charge in [-0.05, 0) is 36.1 Å². The third-order valence-electron chi connectivity index (χ3n) is 3.02. The van der Waals surface area contributed by atoms with Crippen molar-refractivity contribution >= 4 is 17.6 Å². The lowest BCUT2D eigenvalue weighted by Crippen LogP contribution is -2.15. The number of hydrogen-bond acceptors (Lipinski definition) is 3. The Hall–Kier alpha value is -1.90. The van der Waals surface area contributed by atoms with Crippen LogP contribution in [0.15, 0.2) is 29.4 Å². The molecule has 0 saturated carbocycles. The average molecular weight is 242 g/mol. The van der Waals surface area contributed by atoms with E-state index in [1.807, 2.05) is 24.3 Å². The summed E-state index contributed by atoms with van der Waals surface area (Å²) in [6.07, 6.45) is 4.56. The minimum absolute atomic E-state index is 0.196. The van der Waals surface area contributed by atoms with Crippen LogP contribution in [0.4, 0.5) is 0 Å². The quantitative estimate of drug-likeness (QED) is 0.815. The van der Waals surface area contributed by atoms with Crippen LogP contribution in [0.2, 0.25) is 0 Å². The van der Waals surface area contributed by atoms with E-state index in [0.29, 0.717) is 6.42 Å². The van der Waals surface area contributed by atoms with Crippen molar-refractivity contribution in [1.82, 2.24) is 5.01 Å². The summed E-state index contributed by atoms with van der Waals surface area (Å²) in [5.41, 5.74) is 4.62. The number of nitrogens with zero attached hydrogens (tertiary/aromatic N) is 2. The zero-order valence-corrected chi connectivity index (χ0v) is 11.1. The monoisotopic (exact) mass is 242 g/mol. The first-order chi connectivity index (χ1) is 8.56. The molecular weight excluding hydrogens is 224 g/mol. The number of ketones is 1.